The fourth-order valence-corrected chi connectivity index (χ4v) is 3.63. The molecule has 0 bridgehead atoms. The average Bonchev–Trinajstić information content (AvgIpc) is 2.71. The number of rotatable bonds is 9. The van der Waals surface area contributed by atoms with E-state index >= 15 is 0 Å². The van der Waals surface area contributed by atoms with Gasteiger partial charge in [0, 0.05) is 18.3 Å². The first-order valence-electron chi connectivity index (χ1n) is 9.12. The maximum absolute atomic E-state index is 12.2. The van der Waals surface area contributed by atoms with Crippen LogP contribution >= 0.6 is 0 Å². The van der Waals surface area contributed by atoms with Gasteiger partial charge in [0.1, 0.15) is 0 Å². The molecule has 2 aromatic rings. The maximum atomic E-state index is 12.2. The molecule has 2 aromatic carbocycles. The third-order valence-electron chi connectivity index (χ3n) is 4.00. The van der Waals surface area contributed by atoms with E-state index in [0.717, 1.165) is 5.56 Å². The van der Waals surface area contributed by atoms with Gasteiger partial charge in [-0.05, 0) is 35.7 Å². The topological polar surface area (TPSA) is 115 Å². The number of nitrogens with zero attached hydrogens (tertiary/aromatic N) is 1. The Morgan fingerprint density at radius 1 is 1.07 bits per heavy atom. The third kappa shape index (κ3) is 6.65. The van der Waals surface area contributed by atoms with Gasteiger partial charge in [0.05, 0.1) is 25.7 Å². The first-order chi connectivity index (χ1) is 13.7. The van der Waals surface area contributed by atoms with Crippen molar-refractivity contribution in [2.45, 2.75) is 25.3 Å². The molecule has 29 heavy (non-hydrogen) atoms. The molecular formula is C20H28N4O4S. The minimum absolute atomic E-state index is 0.224. The summed E-state index contributed by atoms with van der Waals surface area (Å²) in [6, 6.07) is 11.9. The van der Waals surface area contributed by atoms with E-state index in [-0.39, 0.29) is 16.8 Å². The van der Waals surface area contributed by atoms with Crippen LogP contribution in [0.5, 0.6) is 11.5 Å². The van der Waals surface area contributed by atoms with Gasteiger partial charge >= 0.3 is 0 Å². The highest BCUT2D eigenvalue weighted by molar-refractivity contribution is 7.89. The number of benzene rings is 2. The smallest absolute Gasteiger partial charge is 0.240 e. The molecule has 158 valence electrons. The molecule has 0 radical (unpaired) electrons. The Bertz CT molecular complexity index is 941. The van der Waals surface area contributed by atoms with Gasteiger partial charge in [-0.1, -0.05) is 26.0 Å². The first-order valence-corrected chi connectivity index (χ1v) is 10.6. The van der Waals surface area contributed by atoms with Gasteiger partial charge < -0.3 is 20.5 Å². The van der Waals surface area contributed by atoms with Crippen LogP contribution in [0.4, 0.5) is 5.69 Å². The van der Waals surface area contributed by atoms with Crippen LogP contribution in [0, 0.1) is 5.92 Å². The summed E-state index contributed by atoms with van der Waals surface area (Å²) in [6.45, 7) is 4.60. The Balaban J connectivity index is 2.00. The molecule has 0 fully saturated rings. The monoisotopic (exact) mass is 420 g/mol. The van der Waals surface area contributed by atoms with Crippen molar-refractivity contribution in [3.63, 3.8) is 0 Å². The van der Waals surface area contributed by atoms with E-state index in [9.17, 15) is 8.42 Å². The Kier molecular flexibility index (Phi) is 7.86. The number of guanidine groups is 1. The normalized spacial score (nSPS) is 12.1. The number of aliphatic imine (C=N–C) groups is 1. The van der Waals surface area contributed by atoms with Crippen molar-refractivity contribution in [3.05, 3.63) is 48.0 Å². The Morgan fingerprint density at radius 3 is 2.31 bits per heavy atom. The molecule has 2 rings (SSSR count). The Hall–Kier alpha value is -2.78. The van der Waals surface area contributed by atoms with E-state index in [1.807, 2.05) is 13.8 Å². The predicted molar refractivity (Wildman–Crippen MR) is 115 cm³/mol. The van der Waals surface area contributed by atoms with Crippen molar-refractivity contribution < 1.29 is 17.9 Å². The van der Waals surface area contributed by atoms with Crippen molar-refractivity contribution in [1.29, 1.82) is 0 Å². The average molecular weight is 421 g/mol. The fraction of sp³-hybridized carbons (Fsp3) is 0.350. The van der Waals surface area contributed by atoms with E-state index in [4.69, 9.17) is 15.2 Å². The van der Waals surface area contributed by atoms with E-state index in [1.54, 1.807) is 56.7 Å². The SMILES string of the molecule is COc1ccc(NC(N)=NCc2ccc(S(=O)(=O)NCC(C)C)cc2)cc1OC. The standard InChI is InChI=1S/C20H28N4O4S/c1-14(2)12-23-29(25,26)17-8-5-15(6-9-17)13-22-20(21)24-16-7-10-18(27-3)19(11-16)28-4/h5-11,14,23H,12-13H2,1-4H3,(H3,21,22,24). The molecule has 0 aromatic heterocycles. The Labute approximate surface area is 172 Å². The molecule has 0 amide bonds. The summed E-state index contributed by atoms with van der Waals surface area (Å²) in [6.07, 6.45) is 0. The summed E-state index contributed by atoms with van der Waals surface area (Å²) in [5, 5.41) is 2.99. The number of hydrogen-bond acceptors (Lipinski definition) is 5. The number of nitrogens with two attached hydrogens (primary N) is 1. The summed E-state index contributed by atoms with van der Waals surface area (Å²) < 4.78 is 37.5. The summed E-state index contributed by atoms with van der Waals surface area (Å²) in [5.74, 6) is 1.66. The zero-order chi connectivity index (χ0) is 21.4. The summed E-state index contributed by atoms with van der Waals surface area (Å²) in [5.41, 5.74) is 7.49. The minimum atomic E-state index is -3.50. The highest BCUT2D eigenvalue weighted by Gasteiger charge is 2.13. The molecule has 0 atom stereocenters. The molecule has 0 aliphatic carbocycles. The van der Waals surface area contributed by atoms with Crippen molar-refractivity contribution in [3.8, 4) is 11.5 Å². The summed E-state index contributed by atoms with van der Waals surface area (Å²) >= 11 is 0. The number of ether oxygens (including phenoxy) is 2. The van der Waals surface area contributed by atoms with Crippen LogP contribution in [-0.2, 0) is 16.6 Å². The number of sulfonamides is 1. The van der Waals surface area contributed by atoms with Crippen LogP contribution in [0.2, 0.25) is 0 Å². The highest BCUT2D eigenvalue weighted by Crippen LogP contribution is 2.29. The maximum Gasteiger partial charge on any atom is 0.240 e. The molecule has 0 aliphatic rings. The van der Waals surface area contributed by atoms with Crippen molar-refractivity contribution >= 4 is 21.7 Å². The summed E-state index contributed by atoms with van der Waals surface area (Å²) in [4.78, 5) is 4.51. The van der Waals surface area contributed by atoms with Crippen LogP contribution in [0.15, 0.2) is 52.4 Å². The lowest BCUT2D eigenvalue weighted by molar-refractivity contribution is 0.355. The second-order valence-corrected chi connectivity index (χ2v) is 8.55. The summed E-state index contributed by atoms with van der Waals surface area (Å²) in [7, 11) is -0.377. The lowest BCUT2D eigenvalue weighted by Gasteiger charge is -2.11. The van der Waals surface area contributed by atoms with Crippen molar-refractivity contribution in [2.75, 3.05) is 26.1 Å². The minimum Gasteiger partial charge on any atom is -0.493 e. The molecule has 9 heteroatoms. The van der Waals surface area contributed by atoms with Gasteiger partial charge in [-0.3, -0.25) is 0 Å². The quantitative estimate of drug-likeness (QED) is 0.424. The molecule has 0 heterocycles. The van der Waals surface area contributed by atoms with E-state index in [0.29, 0.717) is 30.3 Å². The van der Waals surface area contributed by atoms with E-state index in [1.165, 1.54) is 0 Å². The van der Waals surface area contributed by atoms with Crippen molar-refractivity contribution in [2.24, 2.45) is 16.6 Å². The van der Waals surface area contributed by atoms with Crippen LogP contribution in [0.1, 0.15) is 19.4 Å². The number of nitrogens with one attached hydrogen (secondary N) is 2. The third-order valence-corrected chi connectivity index (χ3v) is 5.44. The van der Waals surface area contributed by atoms with E-state index in [2.05, 4.69) is 15.0 Å². The molecule has 8 nitrogen and oxygen atoms in total. The molecule has 0 saturated heterocycles. The predicted octanol–water partition coefficient (Wildman–Crippen LogP) is 2.56. The number of hydrogen-bond donors (Lipinski definition) is 3. The van der Waals surface area contributed by atoms with Gasteiger partial charge in [-0.2, -0.15) is 0 Å². The zero-order valence-corrected chi connectivity index (χ0v) is 17.9. The van der Waals surface area contributed by atoms with Gasteiger partial charge in [0.2, 0.25) is 10.0 Å². The van der Waals surface area contributed by atoms with Crippen molar-refractivity contribution in [1.82, 2.24) is 4.72 Å². The van der Waals surface area contributed by atoms with Gasteiger partial charge in [-0.25, -0.2) is 18.1 Å². The zero-order valence-electron chi connectivity index (χ0n) is 17.1. The second-order valence-electron chi connectivity index (χ2n) is 6.79. The van der Waals surface area contributed by atoms with Crippen LogP contribution in [0.25, 0.3) is 0 Å². The lowest BCUT2D eigenvalue weighted by Crippen LogP contribution is -2.27. The largest absolute Gasteiger partial charge is 0.493 e. The molecule has 0 aliphatic heterocycles. The van der Waals surface area contributed by atoms with Gasteiger partial charge in [0.15, 0.2) is 17.5 Å². The first kappa shape index (κ1) is 22.5. The molecule has 0 spiro atoms. The van der Waals surface area contributed by atoms with E-state index < -0.39 is 10.0 Å². The second kappa shape index (κ2) is 10.1. The lowest BCUT2D eigenvalue weighted by atomic mass is 10.2. The van der Waals surface area contributed by atoms with Crippen LogP contribution < -0.4 is 25.2 Å². The fourth-order valence-electron chi connectivity index (χ4n) is 2.41. The number of anilines is 1. The van der Waals surface area contributed by atoms with Crippen LogP contribution in [0.3, 0.4) is 0 Å². The molecule has 0 saturated carbocycles. The molecule has 0 unspecified atom stereocenters. The van der Waals surface area contributed by atoms with Gasteiger partial charge in [-0.15, -0.1) is 0 Å². The Morgan fingerprint density at radius 2 is 1.72 bits per heavy atom. The van der Waals surface area contributed by atoms with Gasteiger partial charge in [0.25, 0.3) is 0 Å². The molecular weight excluding hydrogens is 392 g/mol. The highest BCUT2D eigenvalue weighted by atomic mass is 32.2. The van der Waals surface area contributed by atoms with Crippen LogP contribution in [-0.4, -0.2) is 35.1 Å². The number of methoxy groups -OCH3 is 2. The molecule has 4 N–H and O–H groups in total.